The molecular weight excluding hydrogens is 370 g/mol. The highest BCUT2D eigenvalue weighted by molar-refractivity contribution is 7.92. The molecule has 0 radical (unpaired) electrons. The number of nitrogens with one attached hydrogen (secondary N) is 1. The van der Waals surface area contributed by atoms with Crippen LogP contribution in [0.1, 0.15) is 24.5 Å². The van der Waals surface area contributed by atoms with Gasteiger partial charge in [-0.1, -0.05) is 24.0 Å². The molecular formula is C19H23NO6S. The Balaban J connectivity index is 2.82. The maximum Gasteiger partial charge on any atom is 0.264 e. The van der Waals surface area contributed by atoms with Crippen molar-refractivity contribution in [3.8, 4) is 23.7 Å². The molecule has 1 rings (SSSR count). The van der Waals surface area contributed by atoms with E-state index in [1.54, 1.807) is 24.3 Å². The van der Waals surface area contributed by atoms with Crippen LogP contribution in [-0.2, 0) is 25.8 Å². The third-order valence-electron chi connectivity index (χ3n) is 4.20. The Morgan fingerprint density at radius 3 is 2.41 bits per heavy atom. The molecule has 0 heterocycles. The van der Waals surface area contributed by atoms with Gasteiger partial charge in [-0.3, -0.25) is 10.0 Å². The van der Waals surface area contributed by atoms with Crippen molar-refractivity contribution >= 4 is 15.7 Å². The van der Waals surface area contributed by atoms with Gasteiger partial charge in [0, 0.05) is 18.9 Å². The van der Waals surface area contributed by atoms with Crippen molar-refractivity contribution in [1.29, 1.82) is 0 Å². The van der Waals surface area contributed by atoms with Crippen LogP contribution in [0.3, 0.4) is 0 Å². The molecule has 7 nitrogen and oxygen atoms in total. The van der Waals surface area contributed by atoms with Gasteiger partial charge in [0.15, 0.2) is 9.84 Å². The maximum atomic E-state index is 11.9. The van der Waals surface area contributed by atoms with E-state index in [2.05, 4.69) is 23.7 Å². The summed E-state index contributed by atoms with van der Waals surface area (Å²) < 4.78 is 27.0. The number of ether oxygens (including phenoxy) is 1. The van der Waals surface area contributed by atoms with E-state index < -0.39 is 26.6 Å². The van der Waals surface area contributed by atoms with E-state index in [-0.39, 0.29) is 13.0 Å². The lowest BCUT2D eigenvalue weighted by atomic mass is 9.99. The first-order chi connectivity index (χ1) is 12.7. The van der Waals surface area contributed by atoms with Gasteiger partial charge in [-0.05, 0) is 49.3 Å². The Morgan fingerprint density at radius 2 is 1.93 bits per heavy atom. The zero-order valence-corrected chi connectivity index (χ0v) is 16.3. The lowest BCUT2D eigenvalue weighted by Crippen LogP contribution is -2.49. The summed E-state index contributed by atoms with van der Waals surface area (Å²) in [6.07, 6.45) is 0.750. The zero-order chi connectivity index (χ0) is 20.5. The van der Waals surface area contributed by atoms with E-state index in [1.807, 2.05) is 0 Å². The fourth-order valence-corrected chi connectivity index (χ4v) is 2.98. The molecule has 2 atom stereocenters. The van der Waals surface area contributed by atoms with Crippen LogP contribution in [0.5, 0.6) is 0 Å². The van der Waals surface area contributed by atoms with Crippen molar-refractivity contribution in [3.05, 3.63) is 35.4 Å². The average Bonchev–Trinajstić information content (AvgIpc) is 2.65. The van der Waals surface area contributed by atoms with Crippen LogP contribution in [0.4, 0.5) is 0 Å². The first kappa shape index (κ1) is 22.7. The van der Waals surface area contributed by atoms with Gasteiger partial charge in [-0.2, -0.15) is 0 Å². The number of benzene rings is 1. The number of sulfone groups is 1. The van der Waals surface area contributed by atoms with Crippen LogP contribution in [0.25, 0.3) is 0 Å². The van der Waals surface area contributed by atoms with Gasteiger partial charge in [0.05, 0.1) is 6.61 Å². The molecule has 0 aliphatic heterocycles. The minimum atomic E-state index is -3.72. The van der Waals surface area contributed by atoms with Crippen molar-refractivity contribution in [2.75, 3.05) is 20.0 Å². The minimum Gasteiger partial charge on any atom is -0.393 e. The number of hydrogen-bond donors (Lipinski definition) is 3. The normalized spacial score (nSPS) is 14.0. The summed E-state index contributed by atoms with van der Waals surface area (Å²) in [6.45, 7) is 1.08. The monoisotopic (exact) mass is 393 g/mol. The van der Waals surface area contributed by atoms with Crippen molar-refractivity contribution in [3.63, 3.8) is 0 Å². The van der Waals surface area contributed by atoms with E-state index in [9.17, 15) is 13.2 Å². The Hall–Kier alpha value is -2.36. The number of amides is 1. The van der Waals surface area contributed by atoms with Crippen LogP contribution in [-0.4, -0.2) is 55.5 Å². The Bertz CT molecular complexity index is 867. The summed E-state index contributed by atoms with van der Waals surface area (Å²) in [5, 5.41) is 17.8. The molecule has 146 valence electrons. The molecule has 0 aliphatic rings. The first-order valence-corrected chi connectivity index (χ1v) is 9.95. The van der Waals surface area contributed by atoms with Crippen molar-refractivity contribution in [2.45, 2.75) is 30.6 Å². The highest BCUT2D eigenvalue weighted by atomic mass is 32.2. The molecule has 0 bridgehead atoms. The summed E-state index contributed by atoms with van der Waals surface area (Å²) in [5.41, 5.74) is 2.97. The lowest BCUT2D eigenvalue weighted by molar-refractivity contribution is -0.131. The molecule has 3 N–H and O–H groups in total. The number of carbonyl (C=O) groups is 1. The Morgan fingerprint density at radius 1 is 1.30 bits per heavy atom. The smallest absolute Gasteiger partial charge is 0.264 e. The summed E-state index contributed by atoms with van der Waals surface area (Å²) in [6, 6.07) is 7.08. The summed E-state index contributed by atoms with van der Waals surface area (Å²) in [4.78, 5) is 11.8. The molecule has 2 unspecified atom stereocenters. The molecule has 1 amide bonds. The van der Waals surface area contributed by atoms with E-state index in [0.717, 1.165) is 11.8 Å². The van der Waals surface area contributed by atoms with Crippen molar-refractivity contribution in [2.24, 2.45) is 0 Å². The third-order valence-corrected chi connectivity index (χ3v) is 6.22. The summed E-state index contributed by atoms with van der Waals surface area (Å²) in [5.74, 6) is 9.80. The quantitative estimate of drug-likeness (QED) is 0.349. The maximum absolute atomic E-state index is 11.9. The van der Waals surface area contributed by atoms with Crippen LogP contribution in [0.15, 0.2) is 24.3 Å². The molecule has 8 heteroatoms. The van der Waals surface area contributed by atoms with Gasteiger partial charge < -0.3 is 9.84 Å². The second-order valence-corrected chi connectivity index (χ2v) is 8.51. The molecule has 1 aromatic rings. The number of hydrogen-bond acceptors (Lipinski definition) is 6. The predicted octanol–water partition coefficient (Wildman–Crippen LogP) is 0.290. The molecule has 0 spiro atoms. The third kappa shape index (κ3) is 6.38. The molecule has 0 aromatic heterocycles. The average molecular weight is 393 g/mol. The van der Waals surface area contributed by atoms with Crippen LogP contribution < -0.4 is 5.48 Å². The van der Waals surface area contributed by atoms with Gasteiger partial charge in [-0.15, -0.1) is 0 Å². The number of methoxy groups -OCH3 is 1. The number of hydroxylamine groups is 1. The van der Waals surface area contributed by atoms with Gasteiger partial charge in [0.2, 0.25) is 0 Å². The highest BCUT2D eigenvalue weighted by Crippen LogP contribution is 2.23. The molecule has 27 heavy (non-hydrogen) atoms. The van der Waals surface area contributed by atoms with Gasteiger partial charge in [-0.25, -0.2) is 13.9 Å². The van der Waals surface area contributed by atoms with E-state index >= 15 is 0 Å². The number of aliphatic hydroxyl groups excluding tert-OH is 1. The van der Waals surface area contributed by atoms with E-state index in [1.165, 1.54) is 19.5 Å². The summed E-state index contributed by atoms with van der Waals surface area (Å²) >= 11 is 0. The van der Waals surface area contributed by atoms with Crippen LogP contribution in [0, 0.1) is 23.7 Å². The first-order valence-electron chi connectivity index (χ1n) is 8.06. The van der Waals surface area contributed by atoms with Gasteiger partial charge >= 0.3 is 0 Å². The van der Waals surface area contributed by atoms with Gasteiger partial charge in [0.25, 0.3) is 5.91 Å². The standard InChI is InChI=1S/C19H23NO6S/c1-19(18(22)20-23,27(3,24)25)13-12-16-10-8-15(9-11-16)6-4-5-7-17(14-21)26-2/h8-11,17,21,23H,12-14H2,1-3H3,(H,20,22). The van der Waals surface area contributed by atoms with Crippen LogP contribution in [0.2, 0.25) is 0 Å². The molecule has 0 aliphatic carbocycles. The number of aliphatic hydroxyl groups is 1. The Kier molecular flexibility index (Phi) is 8.48. The highest BCUT2D eigenvalue weighted by Gasteiger charge is 2.43. The summed E-state index contributed by atoms with van der Waals surface area (Å²) in [7, 11) is -2.27. The largest absolute Gasteiger partial charge is 0.393 e. The number of rotatable bonds is 7. The van der Waals surface area contributed by atoms with Gasteiger partial charge in [0.1, 0.15) is 10.9 Å². The fourth-order valence-electron chi connectivity index (χ4n) is 2.12. The predicted molar refractivity (Wildman–Crippen MR) is 100 cm³/mol. The van der Waals surface area contributed by atoms with Crippen molar-refractivity contribution < 1.29 is 28.3 Å². The molecule has 0 saturated carbocycles. The Labute approximate surface area is 159 Å². The molecule has 0 saturated heterocycles. The fraction of sp³-hybridized carbons (Fsp3) is 0.421. The zero-order valence-electron chi connectivity index (χ0n) is 15.4. The second-order valence-electron chi connectivity index (χ2n) is 6.07. The SMILES string of the molecule is COC(C#CC#Cc1ccc(CCC(C)(C(=O)NO)S(C)(=O)=O)cc1)CO. The molecule has 0 fully saturated rings. The lowest BCUT2D eigenvalue weighted by Gasteiger charge is -2.25. The second kappa shape index (κ2) is 10.1. The molecule has 1 aromatic carbocycles. The minimum absolute atomic E-state index is 0.0221. The topological polar surface area (TPSA) is 113 Å². The van der Waals surface area contributed by atoms with E-state index in [0.29, 0.717) is 12.0 Å². The van der Waals surface area contributed by atoms with Crippen molar-refractivity contribution in [1.82, 2.24) is 5.48 Å². The van der Waals surface area contributed by atoms with Crippen LogP contribution >= 0.6 is 0 Å². The number of aryl methyl sites for hydroxylation is 1. The number of carbonyl (C=O) groups excluding carboxylic acids is 1. The van der Waals surface area contributed by atoms with E-state index in [4.69, 9.17) is 15.1 Å².